The minimum absolute atomic E-state index is 0.411. The summed E-state index contributed by atoms with van der Waals surface area (Å²) in [5.74, 6) is -0.821. The molecular formula is C8H7F2N. The minimum Gasteiger partial charge on any atom is -0.207 e. The van der Waals surface area contributed by atoms with Gasteiger partial charge in [-0.2, -0.15) is 5.26 Å². The van der Waals surface area contributed by atoms with Crippen molar-refractivity contribution in [2.75, 3.05) is 0 Å². The molecule has 0 unspecified atom stereocenters. The average molecular weight is 155 g/mol. The number of hydrogen-bond acceptors (Lipinski definition) is 1. The van der Waals surface area contributed by atoms with E-state index in [2.05, 4.69) is 0 Å². The van der Waals surface area contributed by atoms with Gasteiger partial charge in [-0.05, 0) is 24.3 Å². The first-order chi connectivity index (χ1) is 5.20. The first kappa shape index (κ1) is 9.57. The predicted molar refractivity (Wildman–Crippen MR) is 37.6 cm³/mol. The van der Waals surface area contributed by atoms with Crippen molar-refractivity contribution >= 4 is 0 Å². The molecule has 0 aliphatic heterocycles. The zero-order valence-corrected chi connectivity index (χ0v) is 6.01. The summed E-state index contributed by atoms with van der Waals surface area (Å²) < 4.78 is 23.8. The molecule has 0 aliphatic rings. The van der Waals surface area contributed by atoms with Crippen molar-refractivity contribution in [1.29, 1.82) is 5.26 Å². The van der Waals surface area contributed by atoms with Gasteiger partial charge in [0, 0.05) is 6.92 Å². The van der Waals surface area contributed by atoms with Gasteiger partial charge in [0.1, 0.15) is 11.6 Å². The molecule has 0 N–H and O–H groups in total. The Hall–Kier alpha value is -1.43. The van der Waals surface area contributed by atoms with Crippen LogP contribution in [0.3, 0.4) is 0 Å². The Morgan fingerprint density at radius 3 is 1.45 bits per heavy atom. The molecule has 1 rings (SSSR count). The Morgan fingerprint density at radius 1 is 1.09 bits per heavy atom. The second-order valence-electron chi connectivity index (χ2n) is 1.66. The predicted octanol–water partition coefficient (Wildman–Crippen LogP) is 2.49. The highest BCUT2D eigenvalue weighted by molar-refractivity contribution is 5.04. The molecule has 0 heterocycles. The van der Waals surface area contributed by atoms with Crippen molar-refractivity contribution < 1.29 is 8.78 Å². The smallest absolute Gasteiger partial charge is 0.123 e. The summed E-state index contributed by atoms with van der Waals surface area (Å²) in [4.78, 5) is 0. The Kier molecular flexibility index (Phi) is 4.67. The molecule has 0 saturated carbocycles. The van der Waals surface area contributed by atoms with Gasteiger partial charge in [0.2, 0.25) is 0 Å². The van der Waals surface area contributed by atoms with Crippen LogP contribution in [0.5, 0.6) is 0 Å². The van der Waals surface area contributed by atoms with E-state index in [1.54, 1.807) is 6.07 Å². The van der Waals surface area contributed by atoms with Crippen molar-refractivity contribution in [2.24, 2.45) is 0 Å². The molecule has 0 bridgehead atoms. The number of halogens is 2. The van der Waals surface area contributed by atoms with E-state index in [4.69, 9.17) is 5.26 Å². The fraction of sp³-hybridized carbons (Fsp3) is 0.125. The number of benzene rings is 1. The number of nitrogens with zero attached hydrogens (tertiary/aromatic N) is 1. The van der Waals surface area contributed by atoms with Crippen molar-refractivity contribution in [1.82, 2.24) is 0 Å². The molecule has 0 spiro atoms. The number of nitriles is 1. The van der Waals surface area contributed by atoms with Gasteiger partial charge < -0.3 is 0 Å². The molecule has 0 fully saturated rings. The van der Waals surface area contributed by atoms with Crippen LogP contribution in [0.2, 0.25) is 0 Å². The van der Waals surface area contributed by atoms with Crippen molar-refractivity contribution in [2.45, 2.75) is 6.92 Å². The van der Waals surface area contributed by atoms with Crippen LogP contribution in [0, 0.1) is 23.0 Å². The van der Waals surface area contributed by atoms with Gasteiger partial charge in [-0.15, -0.1) is 0 Å². The van der Waals surface area contributed by atoms with Gasteiger partial charge in [0.05, 0.1) is 6.07 Å². The van der Waals surface area contributed by atoms with Gasteiger partial charge in [-0.3, -0.25) is 0 Å². The third-order valence-electron chi connectivity index (χ3n) is 0.804. The first-order valence-electron chi connectivity index (χ1n) is 2.92. The van der Waals surface area contributed by atoms with E-state index in [-0.39, 0.29) is 0 Å². The second-order valence-corrected chi connectivity index (χ2v) is 1.66. The summed E-state index contributed by atoms with van der Waals surface area (Å²) in [6.07, 6.45) is 0. The first-order valence-corrected chi connectivity index (χ1v) is 2.92. The number of hydrogen-bond donors (Lipinski definition) is 0. The minimum atomic E-state index is -0.411. The summed E-state index contributed by atoms with van der Waals surface area (Å²) in [5, 5.41) is 7.32. The highest BCUT2D eigenvalue weighted by atomic mass is 19.1. The van der Waals surface area contributed by atoms with Crippen LogP contribution in [0.4, 0.5) is 8.78 Å². The lowest BCUT2D eigenvalue weighted by atomic mass is 10.3. The lowest BCUT2D eigenvalue weighted by Gasteiger charge is -1.83. The van der Waals surface area contributed by atoms with E-state index in [1.807, 2.05) is 0 Å². The maximum Gasteiger partial charge on any atom is 0.123 e. The molecule has 0 radical (unpaired) electrons. The SMILES string of the molecule is CC#N.Fc1ccc(F)cc1. The topological polar surface area (TPSA) is 23.8 Å². The normalized spacial score (nSPS) is 7.45. The highest BCUT2D eigenvalue weighted by Crippen LogP contribution is 1.98. The molecule has 0 aliphatic carbocycles. The highest BCUT2D eigenvalue weighted by Gasteiger charge is 1.86. The molecule has 0 saturated heterocycles. The third kappa shape index (κ3) is 5.04. The quantitative estimate of drug-likeness (QED) is 0.564. The van der Waals surface area contributed by atoms with Crippen LogP contribution in [0.25, 0.3) is 0 Å². The van der Waals surface area contributed by atoms with Crippen LogP contribution in [0.1, 0.15) is 6.92 Å². The zero-order chi connectivity index (χ0) is 8.69. The van der Waals surface area contributed by atoms with E-state index >= 15 is 0 Å². The van der Waals surface area contributed by atoms with E-state index in [1.165, 1.54) is 6.92 Å². The van der Waals surface area contributed by atoms with Crippen LogP contribution in [-0.2, 0) is 0 Å². The summed E-state index contributed by atoms with van der Waals surface area (Å²) in [5.41, 5.74) is 0. The van der Waals surface area contributed by atoms with Crippen molar-refractivity contribution in [3.8, 4) is 6.07 Å². The lowest BCUT2D eigenvalue weighted by molar-refractivity contribution is 0.600. The third-order valence-corrected chi connectivity index (χ3v) is 0.804. The van der Waals surface area contributed by atoms with Crippen LogP contribution < -0.4 is 0 Å². The maximum atomic E-state index is 11.9. The second kappa shape index (κ2) is 5.36. The molecule has 0 amide bonds. The average Bonchev–Trinajstić information content (AvgIpc) is 1.97. The van der Waals surface area contributed by atoms with Gasteiger partial charge in [-0.25, -0.2) is 8.78 Å². The fourth-order valence-electron chi connectivity index (χ4n) is 0.430. The Labute approximate surface area is 63.9 Å². The fourth-order valence-corrected chi connectivity index (χ4v) is 0.430. The summed E-state index contributed by atoms with van der Waals surface area (Å²) in [7, 11) is 0. The molecule has 1 aromatic carbocycles. The largest absolute Gasteiger partial charge is 0.207 e. The van der Waals surface area contributed by atoms with Crippen LogP contribution in [-0.4, -0.2) is 0 Å². The monoisotopic (exact) mass is 155 g/mol. The summed E-state index contributed by atoms with van der Waals surface area (Å²) in [6.45, 7) is 1.43. The molecule has 3 heteroatoms. The maximum absolute atomic E-state index is 11.9. The van der Waals surface area contributed by atoms with Gasteiger partial charge in [0.25, 0.3) is 0 Å². The molecule has 1 nitrogen and oxygen atoms in total. The Balaban J connectivity index is 0.000000292. The molecule has 58 valence electrons. The zero-order valence-electron chi connectivity index (χ0n) is 6.01. The van der Waals surface area contributed by atoms with E-state index < -0.39 is 11.6 Å². The Morgan fingerprint density at radius 2 is 1.27 bits per heavy atom. The van der Waals surface area contributed by atoms with Gasteiger partial charge in [-0.1, -0.05) is 0 Å². The van der Waals surface area contributed by atoms with Gasteiger partial charge in [0.15, 0.2) is 0 Å². The molecule has 11 heavy (non-hydrogen) atoms. The van der Waals surface area contributed by atoms with E-state index in [0.29, 0.717) is 0 Å². The summed E-state index contributed by atoms with van der Waals surface area (Å²) in [6, 6.07) is 6.06. The van der Waals surface area contributed by atoms with Gasteiger partial charge >= 0.3 is 0 Å². The van der Waals surface area contributed by atoms with Crippen molar-refractivity contribution in [3.63, 3.8) is 0 Å². The van der Waals surface area contributed by atoms with E-state index in [9.17, 15) is 8.78 Å². The van der Waals surface area contributed by atoms with E-state index in [0.717, 1.165) is 24.3 Å². The summed E-state index contributed by atoms with van der Waals surface area (Å²) >= 11 is 0. The molecule has 1 aromatic rings. The van der Waals surface area contributed by atoms with Crippen LogP contribution in [0.15, 0.2) is 24.3 Å². The molecular weight excluding hydrogens is 148 g/mol. The molecule has 0 atom stereocenters. The van der Waals surface area contributed by atoms with Crippen molar-refractivity contribution in [3.05, 3.63) is 35.9 Å². The standard InChI is InChI=1S/C6H4F2.C2H3N/c7-5-1-2-6(8)4-3-5;1-2-3/h1-4H;1H3. The number of rotatable bonds is 0. The van der Waals surface area contributed by atoms with Crippen LogP contribution >= 0.6 is 0 Å². The Bertz CT molecular complexity index is 214. The molecule has 0 aromatic heterocycles. The lowest BCUT2D eigenvalue weighted by Crippen LogP contribution is -1.72.